The molecule has 1 aromatic rings. The van der Waals surface area contributed by atoms with E-state index in [1.54, 1.807) is 12.0 Å². The third-order valence-corrected chi connectivity index (χ3v) is 7.01. The number of rotatable bonds is 12. The Kier molecular flexibility index (Phi) is 9.74. The van der Waals surface area contributed by atoms with Crippen LogP contribution in [-0.2, 0) is 22.6 Å². The minimum atomic E-state index is -0.630. The highest BCUT2D eigenvalue weighted by molar-refractivity contribution is 6.07. The molecule has 188 valence electrons. The third-order valence-electron chi connectivity index (χ3n) is 7.01. The van der Waals surface area contributed by atoms with Gasteiger partial charge in [0.15, 0.2) is 5.96 Å². The Morgan fingerprint density at radius 3 is 2.56 bits per heavy atom. The maximum absolute atomic E-state index is 13.6. The fourth-order valence-electron chi connectivity index (χ4n) is 5.09. The predicted octanol–water partition coefficient (Wildman–Crippen LogP) is 3.90. The summed E-state index contributed by atoms with van der Waals surface area (Å²) in [4.78, 5) is 27.0. The first-order valence-corrected chi connectivity index (χ1v) is 12.7. The highest BCUT2D eigenvalue weighted by Gasteiger charge is 2.49. The number of amides is 3. The van der Waals surface area contributed by atoms with E-state index in [1.165, 1.54) is 32.1 Å². The monoisotopic (exact) mass is 471 g/mol. The number of nitrogens with zero attached hydrogens (tertiary/aromatic N) is 1. The average molecular weight is 472 g/mol. The minimum absolute atomic E-state index is 0.0509. The standard InChI is InChI=1S/C26H41N5O3/c1-3-4-14-26(17-20-8-6-5-7-9-20)23(32)31(24(27)30-26)19-22-12-10-21(11-13-22)18-29-25(33)28-15-16-34-2/h10-13,20H,3-9,14-19H2,1-2H3,(H2,27,30)(H2,28,29,33). The van der Waals surface area contributed by atoms with Crippen molar-refractivity contribution < 1.29 is 14.3 Å². The van der Waals surface area contributed by atoms with Gasteiger partial charge in [-0.25, -0.2) is 4.79 Å². The van der Waals surface area contributed by atoms with Gasteiger partial charge in [-0.05, 0) is 29.9 Å². The van der Waals surface area contributed by atoms with E-state index in [1.807, 2.05) is 24.3 Å². The number of hydrogen-bond donors (Lipinski definition) is 4. The number of methoxy groups -OCH3 is 1. The summed E-state index contributed by atoms with van der Waals surface area (Å²) in [6.45, 7) is 3.89. The molecule has 1 aromatic carbocycles. The van der Waals surface area contributed by atoms with Crippen molar-refractivity contribution in [3.05, 3.63) is 35.4 Å². The van der Waals surface area contributed by atoms with E-state index in [9.17, 15) is 9.59 Å². The van der Waals surface area contributed by atoms with Gasteiger partial charge in [0.2, 0.25) is 0 Å². The Labute approximate surface area is 203 Å². The van der Waals surface area contributed by atoms with Crippen LogP contribution in [0.3, 0.4) is 0 Å². The lowest BCUT2D eigenvalue weighted by atomic mass is 9.77. The fraction of sp³-hybridized carbons (Fsp3) is 0.654. The zero-order valence-electron chi connectivity index (χ0n) is 20.8. The van der Waals surface area contributed by atoms with Gasteiger partial charge in [0, 0.05) is 20.2 Å². The van der Waals surface area contributed by atoms with Crippen LogP contribution in [0.2, 0.25) is 0 Å². The lowest BCUT2D eigenvalue weighted by Gasteiger charge is -2.33. The lowest BCUT2D eigenvalue weighted by molar-refractivity contribution is -0.132. The molecule has 1 atom stereocenters. The second kappa shape index (κ2) is 12.7. The van der Waals surface area contributed by atoms with Crippen molar-refractivity contribution in [2.75, 3.05) is 20.3 Å². The second-order valence-corrected chi connectivity index (χ2v) is 9.68. The number of carbonyl (C=O) groups is 2. The van der Waals surface area contributed by atoms with E-state index < -0.39 is 5.54 Å². The molecule has 2 aliphatic rings. The Morgan fingerprint density at radius 1 is 1.18 bits per heavy atom. The van der Waals surface area contributed by atoms with E-state index in [-0.39, 0.29) is 17.9 Å². The van der Waals surface area contributed by atoms with Crippen LogP contribution in [0.15, 0.2) is 24.3 Å². The van der Waals surface area contributed by atoms with Crippen LogP contribution in [-0.4, -0.2) is 48.6 Å². The van der Waals surface area contributed by atoms with Crippen molar-refractivity contribution in [3.8, 4) is 0 Å². The van der Waals surface area contributed by atoms with E-state index in [0.29, 0.717) is 32.2 Å². The summed E-state index contributed by atoms with van der Waals surface area (Å²) in [5.74, 6) is 0.832. The zero-order chi connectivity index (χ0) is 24.4. The highest BCUT2D eigenvalue weighted by Crippen LogP contribution is 2.36. The summed E-state index contributed by atoms with van der Waals surface area (Å²) in [5, 5.41) is 17.4. The van der Waals surface area contributed by atoms with Crippen LogP contribution >= 0.6 is 0 Å². The molecule has 0 spiro atoms. The van der Waals surface area contributed by atoms with Crippen LogP contribution < -0.4 is 16.0 Å². The van der Waals surface area contributed by atoms with Gasteiger partial charge < -0.3 is 20.7 Å². The summed E-state index contributed by atoms with van der Waals surface area (Å²) < 4.78 is 4.92. The maximum Gasteiger partial charge on any atom is 0.315 e. The van der Waals surface area contributed by atoms with Crippen molar-refractivity contribution in [2.24, 2.45) is 5.92 Å². The molecule has 1 aliphatic heterocycles. The molecule has 8 heteroatoms. The van der Waals surface area contributed by atoms with Gasteiger partial charge in [0.05, 0.1) is 13.2 Å². The minimum Gasteiger partial charge on any atom is -0.383 e. The first-order valence-electron chi connectivity index (χ1n) is 12.7. The highest BCUT2D eigenvalue weighted by atomic mass is 16.5. The van der Waals surface area contributed by atoms with Gasteiger partial charge in [-0.3, -0.25) is 15.1 Å². The van der Waals surface area contributed by atoms with Crippen molar-refractivity contribution in [1.82, 2.24) is 20.9 Å². The van der Waals surface area contributed by atoms with Crippen LogP contribution in [0.5, 0.6) is 0 Å². The molecular formula is C26H41N5O3. The zero-order valence-corrected chi connectivity index (χ0v) is 20.8. The van der Waals surface area contributed by atoms with Gasteiger partial charge in [-0.15, -0.1) is 0 Å². The number of unbranched alkanes of at least 4 members (excludes halogenated alkanes) is 1. The van der Waals surface area contributed by atoms with Gasteiger partial charge in [0.1, 0.15) is 5.54 Å². The molecule has 1 unspecified atom stereocenters. The lowest BCUT2D eigenvalue weighted by Crippen LogP contribution is -2.48. The summed E-state index contributed by atoms with van der Waals surface area (Å²) in [5.41, 5.74) is 1.31. The summed E-state index contributed by atoms with van der Waals surface area (Å²) in [7, 11) is 1.59. The Bertz CT molecular complexity index is 822. The number of hydrogen-bond acceptors (Lipinski definition) is 4. The fourth-order valence-corrected chi connectivity index (χ4v) is 5.09. The molecule has 1 saturated carbocycles. The van der Waals surface area contributed by atoms with E-state index in [4.69, 9.17) is 10.1 Å². The second-order valence-electron chi connectivity index (χ2n) is 9.68. The summed E-state index contributed by atoms with van der Waals surface area (Å²) in [6.07, 6.45) is 9.82. The molecule has 0 aromatic heterocycles. The molecule has 0 bridgehead atoms. The first-order chi connectivity index (χ1) is 16.5. The number of benzene rings is 1. The topological polar surface area (TPSA) is 107 Å². The first kappa shape index (κ1) is 26.0. The Hall–Kier alpha value is -2.61. The Morgan fingerprint density at radius 2 is 1.88 bits per heavy atom. The quantitative estimate of drug-likeness (QED) is 0.347. The Balaban J connectivity index is 1.59. The van der Waals surface area contributed by atoms with Gasteiger partial charge >= 0.3 is 6.03 Å². The van der Waals surface area contributed by atoms with Gasteiger partial charge in [-0.2, -0.15) is 0 Å². The molecule has 2 fully saturated rings. The number of carbonyl (C=O) groups excluding carboxylic acids is 2. The molecule has 1 aliphatic carbocycles. The predicted molar refractivity (Wildman–Crippen MR) is 133 cm³/mol. The molecule has 4 N–H and O–H groups in total. The number of guanidine groups is 1. The molecule has 3 rings (SSSR count). The van der Waals surface area contributed by atoms with Crippen LogP contribution in [0.25, 0.3) is 0 Å². The van der Waals surface area contributed by atoms with Crippen molar-refractivity contribution in [3.63, 3.8) is 0 Å². The van der Waals surface area contributed by atoms with Crippen LogP contribution in [0.1, 0.15) is 75.8 Å². The number of nitrogens with one attached hydrogen (secondary N) is 4. The normalized spacial score (nSPS) is 20.9. The molecule has 3 amide bonds. The SMILES string of the molecule is CCCCC1(CC2CCCCC2)NC(=N)N(Cc2ccc(CNC(=O)NCCOC)cc2)C1=O. The molecule has 1 saturated heterocycles. The summed E-state index contributed by atoms with van der Waals surface area (Å²) in [6, 6.07) is 7.61. The van der Waals surface area contributed by atoms with E-state index >= 15 is 0 Å². The summed E-state index contributed by atoms with van der Waals surface area (Å²) >= 11 is 0. The number of urea groups is 1. The average Bonchev–Trinajstić information content (AvgIpc) is 3.07. The molecule has 0 radical (unpaired) electrons. The van der Waals surface area contributed by atoms with Gasteiger partial charge in [0.25, 0.3) is 5.91 Å². The molecule has 8 nitrogen and oxygen atoms in total. The van der Waals surface area contributed by atoms with Crippen molar-refractivity contribution in [1.29, 1.82) is 5.41 Å². The molecule has 34 heavy (non-hydrogen) atoms. The molecular weight excluding hydrogens is 430 g/mol. The third kappa shape index (κ3) is 6.95. The smallest absolute Gasteiger partial charge is 0.315 e. The molecule has 1 heterocycles. The number of ether oxygens (including phenoxy) is 1. The largest absolute Gasteiger partial charge is 0.383 e. The van der Waals surface area contributed by atoms with Gasteiger partial charge in [-0.1, -0.05) is 76.1 Å². The van der Waals surface area contributed by atoms with Crippen LogP contribution in [0, 0.1) is 11.3 Å². The van der Waals surface area contributed by atoms with E-state index in [0.717, 1.165) is 36.8 Å². The maximum atomic E-state index is 13.6. The van der Waals surface area contributed by atoms with Crippen molar-refractivity contribution >= 4 is 17.9 Å². The van der Waals surface area contributed by atoms with E-state index in [2.05, 4.69) is 22.9 Å². The van der Waals surface area contributed by atoms with Crippen molar-refractivity contribution in [2.45, 2.75) is 83.3 Å². The van der Waals surface area contributed by atoms with Crippen LogP contribution in [0.4, 0.5) is 4.79 Å².